The third kappa shape index (κ3) is 4.46. The average molecular weight is 334 g/mol. The second-order valence-corrected chi connectivity index (χ2v) is 5.96. The first kappa shape index (κ1) is 16.7. The molecule has 0 radical (unpaired) electrons. The Morgan fingerprint density at radius 2 is 2.33 bits per heavy atom. The highest BCUT2D eigenvalue weighted by Gasteiger charge is 2.18. The second kappa shape index (κ2) is 8.12. The van der Waals surface area contributed by atoms with E-state index in [0.717, 1.165) is 32.7 Å². The zero-order valence-corrected chi connectivity index (χ0v) is 13.5. The fourth-order valence-corrected chi connectivity index (χ4v) is 2.66. The van der Waals surface area contributed by atoms with Crippen LogP contribution in [0.5, 0.6) is 5.75 Å². The maximum atomic E-state index is 12.1. The molecule has 1 unspecified atom stereocenters. The van der Waals surface area contributed by atoms with Crippen LogP contribution in [0.1, 0.15) is 23.2 Å². The van der Waals surface area contributed by atoms with Crippen LogP contribution in [0.15, 0.2) is 18.2 Å². The molecule has 2 amide bonds. The van der Waals surface area contributed by atoms with E-state index >= 15 is 0 Å². The minimum atomic E-state index is -0.191. The van der Waals surface area contributed by atoms with Crippen LogP contribution in [0.4, 0.5) is 5.69 Å². The van der Waals surface area contributed by atoms with Gasteiger partial charge < -0.3 is 24.8 Å². The Morgan fingerprint density at radius 1 is 1.42 bits per heavy atom. The zero-order chi connectivity index (χ0) is 16.8. The summed E-state index contributed by atoms with van der Waals surface area (Å²) in [5, 5.41) is 5.55. The monoisotopic (exact) mass is 334 g/mol. The van der Waals surface area contributed by atoms with E-state index in [-0.39, 0.29) is 18.4 Å². The van der Waals surface area contributed by atoms with Crippen molar-refractivity contribution in [3.05, 3.63) is 23.8 Å². The third-order valence-corrected chi connectivity index (χ3v) is 4.01. The van der Waals surface area contributed by atoms with Gasteiger partial charge in [-0.15, -0.1) is 0 Å². The lowest BCUT2D eigenvalue weighted by Gasteiger charge is -2.18. The average Bonchev–Trinajstić information content (AvgIpc) is 3.10. The van der Waals surface area contributed by atoms with Crippen molar-refractivity contribution in [1.82, 2.24) is 5.32 Å². The zero-order valence-electron chi connectivity index (χ0n) is 13.5. The molecule has 1 fully saturated rings. The standard InChI is InChI=1S/C17H22N2O5/c20-16-11-24-15-8-13(2-3-14(15)19-16)17(21)18-5-1-6-22-9-12-4-7-23-10-12/h2-3,8,12H,1,4-7,9-11H2,(H,18,21)(H,19,20). The number of carbonyl (C=O) groups excluding carboxylic acids is 2. The van der Waals surface area contributed by atoms with Gasteiger partial charge in [-0.05, 0) is 31.0 Å². The second-order valence-electron chi connectivity index (χ2n) is 5.96. The van der Waals surface area contributed by atoms with Gasteiger partial charge in [0.05, 0.1) is 18.9 Å². The van der Waals surface area contributed by atoms with Gasteiger partial charge in [0.2, 0.25) is 0 Å². The molecule has 0 saturated carbocycles. The molecule has 1 atom stereocenters. The first-order valence-electron chi connectivity index (χ1n) is 8.23. The van der Waals surface area contributed by atoms with Crippen molar-refractivity contribution in [2.75, 3.05) is 44.9 Å². The van der Waals surface area contributed by atoms with Crippen LogP contribution >= 0.6 is 0 Å². The molecule has 0 spiro atoms. The number of benzene rings is 1. The lowest BCUT2D eigenvalue weighted by molar-refractivity contribution is -0.118. The van der Waals surface area contributed by atoms with Gasteiger partial charge in [-0.3, -0.25) is 9.59 Å². The normalized spacial score (nSPS) is 19.3. The molecular weight excluding hydrogens is 312 g/mol. The van der Waals surface area contributed by atoms with Crippen molar-refractivity contribution in [3.8, 4) is 5.75 Å². The fourth-order valence-electron chi connectivity index (χ4n) is 2.66. The summed E-state index contributed by atoms with van der Waals surface area (Å²) in [7, 11) is 0. The lowest BCUT2D eigenvalue weighted by atomic mass is 10.1. The lowest BCUT2D eigenvalue weighted by Crippen LogP contribution is -2.27. The molecule has 1 saturated heterocycles. The minimum absolute atomic E-state index is 0.0263. The fraction of sp³-hybridized carbons (Fsp3) is 0.529. The van der Waals surface area contributed by atoms with Gasteiger partial charge in [0.25, 0.3) is 11.8 Å². The number of anilines is 1. The van der Waals surface area contributed by atoms with Crippen LogP contribution in [-0.4, -0.2) is 51.4 Å². The molecule has 1 aromatic rings. The molecule has 7 nitrogen and oxygen atoms in total. The number of carbonyl (C=O) groups is 2. The van der Waals surface area contributed by atoms with Gasteiger partial charge in [-0.1, -0.05) is 0 Å². The van der Waals surface area contributed by atoms with Gasteiger partial charge >= 0.3 is 0 Å². The Kier molecular flexibility index (Phi) is 5.66. The predicted molar refractivity (Wildman–Crippen MR) is 87.3 cm³/mol. The summed E-state index contributed by atoms with van der Waals surface area (Å²) in [5.41, 5.74) is 1.10. The number of hydrogen-bond acceptors (Lipinski definition) is 5. The molecular formula is C17H22N2O5. The minimum Gasteiger partial charge on any atom is -0.482 e. The first-order chi connectivity index (χ1) is 11.7. The van der Waals surface area contributed by atoms with Gasteiger partial charge in [0.15, 0.2) is 6.61 Å². The van der Waals surface area contributed by atoms with Crippen LogP contribution in [0.25, 0.3) is 0 Å². The van der Waals surface area contributed by atoms with Crippen molar-refractivity contribution in [1.29, 1.82) is 0 Å². The molecule has 0 aromatic heterocycles. The summed E-state index contributed by atoms with van der Waals surface area (Å²) in [6.45, 7) is 3.49. The smallest absolute Gasteiger partial charge is 0.262 e. The summed E-state index contributed by atoms with van der Waals surface area (Å²) in [5.74, 6) is 0.673. The van der Waals surface area contributed by atoms with Gasteiger partial charge in [-0.2, -0.15) is 0 Å². The Hall–Kier alpha value is -2.12. The molecule has 2 heterocycles. The highest BCUT2D eigenvalue weighted by molar-refractivity contribution is 5.98. The maximum Gasteiger partial charge on any atom is 0.262 e. The van der Waals surface area contributed by atoms with E-state index in [9.17, 15) is 9.59 Å². The Bertz CT molecular complexity index is 599. The molecule has 2 aliphatic rings. The molecule has 3 rings (SSSR count). The van der Waals surface area contributed by atoms with E-state index in [2.05, 4.69) is 10.6 Å². The number of ether oxygens (including phenoxy) is 3. The van der Waals surface area contributed by atoms with Gasteiger partial charge in [0.1, 0.15) is 5.75 Å². The molecule has 0 aliphatic carbocycles. The summed E-state index contributed by atoms with van der Waals surface area (Å²) in [6, 6.07) is 4.98. The van der Waals surface area contributed by atoms with E-state index < -0.39 is 0 Å². The van der Waals surface area contributed by atoms with E-state index in [1.165, 1.54) is 0 Å². The van der Waals surface area contributed by atoms with E-state index in [1.807, 2.05) is 0 Å². The van der Waals surface area contributed by atoms with Gasteiger partial charge in [0, 0.05) is 31.2 Å². The molecule has 130 valence electrons. The highest BCUT2D eigenvalue weighted by Crippen LogP contribution is 2.28. The Balaban J connectivity index is 1.36. The summed E-state index contributed by atoms with van der Waals surface area (Å²) in [4.78, 5) is 23.3. The summed E-state index contributed by atoms with van der Waals surface area (Å²) in [6.07, 6.45) is 1.83. The number of hydrogen-bond donors (Lipinski definition) is 2. The number of amides is 2. The summed E-state index contributed by atoms with van der Waals surface area (Å²) < 4.78 is 16.2. The number of nitrogens with one attached hydrogen (secondary N) is 2. The largest absolute Gasteiger partial charge is 0.482 e. The van der Waals surface area contributed by atoms with E-state index in [0.29, 0.717) is 36.1 Å². The molecule has 0 bridgehead atoms. The van der Waals surface area contributed by atoms with Crippen LogP contribution in [-0.2, 0) is 14.3 Å². The number of rotatable bonds is 7. The highest BCUT2D eigenvalue weighted by atomic mass is 16.5. The molecule has 2 aliphatic heterocycles. The van der Waals surface area contributed by atoms with Gasteiger partial charge in [-0.25, -0.2) is 0 Å². The number of fused-ring (bicyclic) bond motifs is 1. The Morgan fingerprint density at radius 3 is 3.17 bits per heavy atom. The van der Waals surface area contributed by atoms with E-state index in [4.69, 9.17) is 14.2 Å². The summed E-state index contributed by atoms with van der Waals surface area (Å²) >= 11 is 0. The predicted octanol–water partition coefficient (Wildman–Crippen LogP) is 1.19. The van der Waals surface area contributed by atoms with Crippen LogP contribution in [0, 0.1) is 5.92 Å². The quantitative estimate of drug-likeness (QED) is 0.732. The van der Waals surface area contributed by atoms with Crippen molar-refractivity contribution < 1.29 is 23.8 Å². The van der Waals surface area contributed by atoms with E-state index in [1.54, 1.807) is 18.2 Å². The Labute approximate surface area is 140 Å². The third-order valence-electron chi connectivity index (χ3n) is 4.01. The molecule has 24 heavy (non-hydrogen) atoms. The SMILES string of the molecule is O=C1COc2cc(C(=O)NCCCOCC3CCOC3)ccc2N1. The molecule has 7 heteroatoms. The van der Waals surface area contributed by atoms with Crippen molar-refractivity contribution in [2.24, 2.45) is 5.92 Å². The molecule has 2 N–H and O–H groups in total. The van der Waals surface area contributed by atoms with Crippen molar-refractivity contribution >= 4 is 17.5 Å². The van der Waals surface area contributed by atoms with Crippen molar-refractivity contribution in [2.45, 2.75) is 12.8 Å². The van der Waals surface area contributed by atoms with Crippen LogP contribution in [0.2, 0.25) is 0 Å². The molecule has 1 aromatic carbocycles. The van der Waals surface area contributed by atoms with Crippen LogP contribution < -0.4 is 15.4 Å². The first-order valence-corrected chi connectivity index (χ1v) is 8.23. The van der Waals surface area contributed by atoms with Crippen LogP contribution in [0.3, 0.4) is 0 Å². The topological polar surface area (TPSA) is 85.9 Å². The van der Waals surface area contributed by atoms with Crippen molar-refractivity contribution in [3.63, 3.8) is 0 Å². The maximum absolute atomic E-state index is 12.1.